The van der Waals surface area contributed by atoms with Gasteiger partial charge in [-0.1, -0.05) is 11.8 Å². The highest BCUT2D eigenvalue weighted by molar-refractivity contribution is 8.14. The van der Waals surface area contributed by atoms with Gasteiger partial charge in [-0.3, -0.25) is 9.67 Å². The Kier molecular flexibility index (Phi) is 3.17. The number of aromatic nitrogens is 4. The molecule has 1 fully saturated rings. The molecule has 2 aromatic heterocycles. The Morgan fingerprint density at radius 1 is 1.10 bits per heavy atom. The standard InChI is InChI=1S/C13H17N7S/c1-18-11-10(8-17-18)12(16-9-15-11)19-3-5-20(6-4-19)13-14-2-7-21-13/h8-9H,2-7H2,1H3. The van der Waals surface area contributed by atoms with Crippen molar-refractivity contribution < 1.29 is 0 Å². The van der Waals surface area contributed by atoms with Crippen molar-refractivity contribution in [3.63, 3.8) is 0 Å². The van der Waals surface area contributed by atoms with E-state index in [1.807, 2.05) is 25.0 Å². The van der Waals surface area contributed by atoms with Crippen molar-refractivity contribution in [3.05, 3.63) is 12.5 Å². The molecule has 0 bridgehead atoms. The zero-order valence-electron chi connectivity index (χ0n) is 11.9. The van der Waals surface area contributed by atoms with Crippen LogP contribution in [0.2, 0.25) is 0 Å². The summed E-state index contributed by atoms with van der Waals surface area (Å²) in [4.78, 5) is 18.0. The second-order valence-electron chi connectivity index (χ2n) is 5.19. The van der Waals surface area contributed by atoms with Crippen LogP contribution in [0.3, 0.4) is 0 Å². The molecule has 2 aliphatic heterocycles. The van der Waals surface area contributed by atoms with Crippen LogP contribution in [0.25, 0.3) is 11.0 Å². The fraction of sp³-hybridized carbons (Fsp3) is 0.538. The van der Waals surface area contributed by atoms with Gasteiger partial charge in [-0.2, -0.15) is 5.10 Å². The van der Waals surface area contributed by atoms with Crippen molar-refractivity contribution in [2.24, 2.45) is 12.0 Å². The maximum atomic E-state index is 4.56. The Labute approximate surface area is 127 Å². The number of rotatable bonds is 1. The van der Waals surface area contributed by atoms with Gasteiger partial charge in [0.1, 0.15) is 12.1 Å². The van der Waals surface area contributed by atoms with Gasteiger partial charge in [0.15, 0.2) is 10.8 Å². The minimum Gasteiger partial charge on any atom is -0.352 e. The van der Waals surface area contributed by atoms with Gasteiger partial charge in [0.2, 0.25) is 0 Å². The molecule has 0 amide bonds. The molecule has 0 N–H and O–H groups in total. The molecule has 0 aromatic carbocycles. The van der Waals surface area contributed by atoms with Crippen LogP contribution in [-0.4, -0.2) is 68.3 Å². The second kappa shape index (κ2) is 5.18. The van der Waals surface area contributed by atoms with Crippen molar-refractivity contribution in [2.75, 3.05) is 43.4 Å². The number of fused-ring (bicyclic) bond motifs is 1. The average molecular weight is 303 g/mol. The van der Waals surface area contributed by atoms with Gasteiger partial charge in [-0.05, 0) is 0 Å². The first kappa shape index (κ1) is 12.9. The molecule has 2 aliphatic rings. The summed E-state index contributed by atoms with van der Waals surface area (Å²) in [6, 6.07) is 0. The van der Waals surface area contributed by atoms with Crippen LogP contribution < -0.4 is 4.90 Å². The highest BCUT2D eigenvalue weighted by atomic mass is 32.2. The first-order valence-electron chi connectivity index (χ1n) is 7.13. The van der Waals surface area contributed by atoms with Gasteiger partial charge < -0.3 is 9.80 Å². The molecule has 4 heterocycles. The lowest BCUT2D eigenvalue weighted by Gasteiger charge is -2.36. The van der Waals surface area contributed by atoms with Crippen molar-refractivity contribution >= 4 is 33.8 Å². The van der Waals surface area contributed by atoms with E-state index in [0.29, 0.717) is 0 Å². The molecule has 7 nitrogen and oxygen atoms in total. The third-order valence-corrected chi connectivity index (χ3v) is 4.96. The first-order chi connectivity index (χ1) is 10.3. The SMILES string of the molecule is Cn1ncc2c(N3CCN(C4=NCCS4)CC3)ncnc21. The summed E-state index contributed by atoms with van der Waals surface area (Å²) in [5, 5.41) is 6.52. The third kappa shape index (κ3) is 2.23. The van der Waals surface area contributed by atoms with Crippen LogP contribution >= 0.6 is 11.8 Å². The summed E-state index contributed by atoms with van der Waals surface area (Å²) in [5.41, 5.74) is 0.887. The average Bonchev–Trinajstić information content (AvgIpc) is 3.18. The van der Waals surface area contributed by atoms with Gasteiger partial charge in [-0.15, -0.1) is 0 Å². The molecule has 2 aromatic rings. The van der Waals surface area contributed by atoms with E-state index < -0.39 is 0 Å². The van der Waals surface area contributed by atoms with Crippen molar-refractivity contribution in [1.82, 2.24) is 24.6 Å². The number of amidine groups is 1. The van der Waals surface area contributed by atoms with Crippen LogP contribution in [0.5, 0.6) is 0 Å². The number of hydrogen-bond acceptors (Lipinski definition) is 7. The summed E-state index contributed by atoms with van der Waals surface area (Å²) in [5.74, 6) is 2.12. The molecule has 8 heteroatoms. The van der Waals surface area contributed by atoms with Gasteiger partial charge >= 0.3 is 0 Å². The molecule has 0 atom stereocenters. The lowest BCUT2D eigenvalue weighted by molar-refractivity contribution is 0.391. The van der Waals surface area contributed by atoms with E-state index in [0.717, 1.165) is 55.3 Å². The van der Waals surface area contributed by atoms with Crippen molar-refractivity contribution in [2.45, 2.75) is 0 Å². The van der Waals surface area contributed by atoms with Gasteiger partial charge in [-0.25, -0.2) is 9.97 Å². The zero-order valence-corrected chi connectivity index (χ0v) is 12.8. The molecule has 0 saturated carbocycles. The minimum atomic E-state index is 0.887. The molecule has 21 heavy (non-hydrogen) atoms. The molecule has 0 aliphatic carbocycles. The second-order valence-corrected chi connectivity index (χ2v) is 6.25. The van der Waals surface area contributed by atoms with E-state index in [2.05, 4.69) is 29.9 Å². The van der Waals surface area contributed by atoms with E-state index in [9.17, 15) is 0 Å². The molecule has 0 unspecified atom stereocenters. The Hall–Kier alpha value is -1.83. The number of nitrogens with zero attached hydrogens (tertiary/aromatic N) is 7. The molecule has 0 radical (unpaired) electrons. The number of anilines is 1. The summed E-state index contributed by atoms with van der Waals surface area (Å²) in [6.45, 7) is 4.87. The highest BCUT2D eigenvalue weighted by Crippen LogP contribution is 2.24. The van der Waals surface area contributed by atoms with Gasteiger partial charge in [0.05, 0.1) is 18.1 Å². The van der Waals surface area contributed by atoms with Crippen LogP contribution in [0.15, 0.2) is 17.5 Å². The summed E-state index contributed by atoms with van der Waals surface area (Å²) < 4.78 is 1.79. The molecule has 1 saturated heterocycles. The maximum Gasteiger partial charge on any atom is 0.163 e. The van der Waals surface area contributed by atoms with Crippen LogP contribution in [0.1, 0.15) is 0 Å². The zero-order chi connectivity index (χ0) is 14.2. The minimum absolute atomic E-state index is 0.887. The van der Waals surface area contributed by atoms with Crippen LogP contribution in [0.4, 0.5) is 5.82 Å². The monoisotopic (exact) mass is 303 g/mol. The fourth-order valence-corrected chi connectivity index (χ4v) is 3.74. The lowest BCUT2D eigenvalue weighted by atomic mass is 10.3. The maximum absolute atomic E-state index is 4.56. The van der Waals surface area contributed by atoms with Crippen molar-refractivity contribution in [1.29, 1.82) is 0 Å². The summed E-state index contributed by atoms with van der Waals surface area (Å²) in [6.07, 6.45) is 3.48. The molecular weight excluding hydrogens is 286 g/mol. The number of aryl methyl sites for hydroxylation is 1. The van der Waals surface area contributed by atoms with E-state index in [-0.39, 0.29) is 0 Å². The Balaban J connectivity index is 1.55. The number of aliphatic imine (C=N–C) groups is 1. The number of hydrogen-bond donors (Lipinski definition) is 0. The summed E-state index contributed by atoms with van der Waals surface area (Å²) >= 11 is 1.87. The smallest absolute Gasteiger partial charge is 0.163 e. The molecule has 4 rings (SSSR count). The van der Waals surface area contributed by atoms with Crippen LogP contribution in [-0.2, 0) is 7.05 Å². The van der Waals surface area contributed by atoms with Crippen LogP contribution in [0, 0.1) is 0 Å². The number of piperazine rings is 1. The largest absolute Gasteiger partial charge is 0.352 e. The Morgan fingerprint density at radius 2 is 1.90 bits per heavy atom. The first-order valence-corrected chi connectivity index (χ1v) is 8.11. The van der Waals surface area contributed by atoms with Gasteiger partial charge in [0.25, 0.3) is 0 Å². The number of thioether (sulfide) groups is 1. The third-order valence-electron chi connectivity index (χ3n) is 3.93. The van der Waals surface area contributed by atoms with Crippen molar-refractivity contribution in [3.8, 4) is 0 Å². The molecule has 0 spiro atoms. The Morgan fingerprint density at radius 3 is 2.67 bits per heavy atom. The predicted octanol–water partition coefficient (Wildman–Crippen LogP) is 0.588. The van der Waals surface area contributed by atoms with E-state index in [1.54, 1.807) is 11.0 Å². The Bertz CT molecular complexity index is 687. The van der Waals surface area contributed by atoms with E-state index in [4.69, 9.17) is 0 Å². The highest BCUT2D eigenvalue weighted by Gasteiger charge is 2.24. The topological polar surface area (TPSA) is 62.4 Å². The fourth-order valence-electron chi connectivity index (χ4n) is 2.83. The summed E-state index contributed by atoms with van der Waals surface area (Å²) in [7, 11) is 1.91. The quantitative estimate of drug-likeness (QED) is 0.768. The van der Waals surface area contributed by atoms with Gasteiger partial charge in [0, 0.05) is 39.0 Å². The normalized spacial score (nSPS) is 19.4. The molecular formula is C13H17N7S. The van der Waals surface area contributed by atoms with E-state index >= 15 is 0 Å². The predicted molar refractivity (Wildman–Crippen MR) is 84.9 cm³/mol. The van der Waals surface area contributed by atoms with E-state index in [1.165, 1.54) is 5.17 Å². The lowest BCUT2D eigenvalue weighted by Crippen LogP contribution is -2.48. The molecule has 110 valence electrons.